The number of hydrogen-bond acceptors (Lipinski definition) is 3. The average molecular weight is 255 g/mol. The molecule has 0 spiro atoms. The highest BCUT2D eigenvalue weighted by Gasteiger charge is 2.16. The molecule has 1 amide bonds. The van der Waals surface area contributed by atoms with Crippen LogP contribution in [0.15, 0.2) is 0 Å². The van der Waals surface area contributed by atoms with Crippen LogP contribution in [0, 0.1) is 5.92 Å². The molecule has 2 atom stereocenters. The Morgan fingerprint density at radius 1 is 1.40 bits per heavy atom. The molecule has 0 aromatic rings. The normalized spacial score (nSPS) is 14.3. The highest BCUT2D eigenvalue weighted by Crippen LogP contribution is 2.02. The zero-order valence-corrected chi connectivity index (χ0v) is 11.6. The molecule has 0 aromatic heterocycles. The van der Waals surface area contributed by atoms with Crippen LogP contribution in [0.25, 0.3) is 0 Å². The molecule has 1 unspecified atom stereocenters. The number of carbonyl (C=O) groups excluding carboxylic acids is 1. The molecule has 15 heavy (non-hydrogen) atoms. The number of thioether (sulfide) groups is 1. The zero-order valence-electron chi connectivity index (χ0n) is 9.95. The van der Waals surface area contributed by atoms with E-state index in [1.165, 1.54) is 0 Å². The van der Waals surface area contributed by atoms with Gasteiger partial charge in [-0.25, -0.2) is 0 Å². The average Bonchev–Trinajstić information content (AvgIpc) is 2.13. The van der Waals surface area contributed by atoms with Crippen LogP contribution >= 0.6 is 24.2 Å². The highest BCUT2D eigenvalue weighted by molar-refractivity contribution is 7.98. The van der Waals surface area contributed by atoms with Gasteiger partial charge in [0.2, 0.25) is 5.91 Å². The van der Waals surface area contributed by atoms with E-state index >= 15 is 0 Å². The molecule has 0 saturated heterocycles. The van der Waals surface area contributed by atoms with Gasteiger partial charge in [-0.2, -0.15) is 11.8 Å². The molecule has 3 nitrogen and oxygen atoms in total. The van der Waals surface area contributed by atoms with Gasteiger partial charge < -0.3 is 11.1 Å². The van der Waals surface area contributed by atoms with Crippen LogP contribution in [-0.4, -0.2) is 30.0 Å². The second-order valence-electron chi connectivity index (χ2n) is 3.93. The summed E-state index contributed by atoms with van der Waals surface area (Å²) in [5.41, 5.74) is 5.73. The third-order valence-corrected chi connectivity index (χ3v) is 2.98. The van der Waals surface area contributed by atoms with Gasteiger partial charge in [0.15, 0.2) is 0 Å². The Kier molecular flexibility index (Phi) is 10.8. The maximum absolute atomic E-state index is 11.5. The third kappa shape index (κ3) is 7.94. The summed E-state index contributed by atoms with van der Waals surface area (Å²) in [6.45, 7) is 6.17. The Labute approximate surface area is 103 Å². The van der Waals surface area contributed by atoms with Gasteiger partial charge in [0.05, 0.1) is 6.04 Å². The summed E-state index contributed by atoms with van der Waals surface area (Å²) < 4.78 is 0. The van der Waals surface area contributed by atoms with Crippen molar-refractivity contribution >= 4 is 30.1 Å². The lowest BCUT2D eigenvalue weighted by Crippen LogP contribution is -2.46. The quantitative estimate of drug-likeness (QED) is 0.758. The van der Waals surface area contributed by atoms with E-state index in [0.717, 1.165) is 12.2 Å². The summed E-state index contributed by atoms with van der Waals surface area (Å²) in [5, 5.41) is 2.91. The van der Waals surface area contributed by atoms with Gasteiger partial charge in [0.25, 0.3) is 0 Å². The number of nitrogens with two attached hydrogens (primary N) is 1. The van der Waals surface area contributed by atoms with Crippen molar-refractivity contribution in [3.63, 3.8) is 0 Å². The molecular weight excluding hydrogens is 232 g/mol. The number of amides is 1. The summed E-state index contributed by atoms with van der Waals surface area (Å²) in [5.74, 6) is 1.36. The fraction of sp³-hybridized carbons (Fsp3) is 0.900. The topological polar surface area (TPSA) is 55.1 Å². The van der Waals surface area contributed by atoms with Crippen LogP contribution in [0.4, 0.5) is 0 Å². The molecule has 0 heterocycles. The summed E-state index contributed by atoms with van der Waals surface area (Å²) >= 11 is 1.71. The molecule has 0 aliphatic carbocycles. The van der Waals surface area contributed by atoms with Crippen molar-refractivity contribution in [1.29, 1.82) is 0 Å². The molecule has 3 N–H and O–H groups in total. The van der Waals surface area contributed by atoms with Gasteiger partial charge in [0, 0.05) is 6.04 Å². The summed E-state index contributed by atoms with van der Waals surface area (Å²) in [7, 11) is 0. The third-order valence-electron chi connectivity index (χ3n) is 2.34. The van der Waals surface area contributed by atoms with Crippen molar-refractivity contribution < 1.29 is 4.79 Å². The van der Waals surface area contributed by atoms with Crippen LogP contribution in [0.3, 0.4) is 0 Å². The van der Waals surface area contributed by atoms with Gasteiger partial charge in [-0.3, -0.25) is 4.79 Å². The molecule has 0 aliphatic rings. The Balaban J connectivity index is 0. The lowest BCUT2D eigenvalue weighted by molar-refractivity contribution is -0.123. The fourth-order valence-corrected chi connectivity index (χ4v) is 1.36. The minimum atomic E-state index is -0.358. The first kappa shape index (κ1) is 17.5. The van der Waals surface area contributed by atoms with E-state index in [-0.39, 0.29) is 30.4 Å². The maximum Gasteiger partial charge on any atom is 0.237 e. The summed E-state index contributed by atoms with van der Waals surface area (Å²) in [4.78, 5) is 11.5. The van der Waals surface area contributed by atoms with Gasteiger partial charge in [-0.15, -0.1) is 12.4 Å². The number of halogens is 1. The second-order valence-corrected chi connectivity index (χ2v) is 4.91. The van der Waals surface area contributed by atoms with E-state index in [4.69, 9.17) is 5.73 Å². The van der Waals surface area contributed by atoms with Gasteiger partial charge in [-0.1, -0.05) is 13.8 Å². The predicted molar refractivity (Wildman–Crippen MR) is 70.7 cm³/mol. The van der Waals surface area contributed by atoms with Crippen molar-refractivity contribution in [1.82, 2.24) is 5.32 Å². The van der Waals surface area contributed by atoms with E-state index in [1.54, 1.807) is 11.8 Å². The van der Waals surface area contributed by atoms with Crippen molar-refractivity contribution in [2.45, 2.75) is 39.3 Å². The maximum atomic E-state index is 11.5. The SMILES string of the molecule is CSCC[C@H](N)C(=O)NC(C)C(C)C.Cl. The highest BCUT2D eigenvalue weighted by atomic mass is 35.5. The Bertz CT molecular complexity index is 179. The molecule has 0 aromatic carbocycles. The van der Waals surface area contributed by atoms with E-state index in [0.29, 0.717) is 5.92 Å². The van der Waals surface area contributed by atoms with Crippen molar-refractivity contribution in [3.8, 4) is 0 Å². The molecule has 0 aliphatic heterocycles. The van der Waals surface area contributed by atoms with Crippen molar-refractivity contribution in [3.05, 3.63) is 0 Å². The largest absolute Gasteiger partial charge is 0.352 e. The van der Waals surface area contributed by atoms with Crippen molar-refractivity contribution in [2.75, 3.05) is 12.0 Å². The molecular formula is C10H23ClN2OS. The monoisotopic (exact) mass is 254 g/mol. The predicted octanol–water partition coefficient (Wildman–Crippen LogP) is 1.65. The molecule has 0 rings (SSSR count). The number of rotatable bonds is 6. The van der Waals surface area contributed by atoms with E-state index in [1.807, 2.05) is 13.2 Å². The molecule has 5 heteroatoms. The van der Waals surface area contributed by atoms with Crippen LogP contribution in [0.5, 0.6) is 0 Å². The molecule has 0 saturated carbocycles. The van der Waals surface area contributed by atoms with Crippen LogP contribution in [-0.2, 0) is 4.79 Å². The molecule has 0 radical (unpaired) electrons. The van der Waals surface area contributed by atoms with Gasteiger partial charge in [-0.05, 0) is 31.3 Å². The molecule has 0 fully saturated rings. The number of nitrogens with one attached hydrogen (secondary N) is 1. The number of hydrogen-bond donors (Lipinski definition) is 2. The first-order chi connectivity index (χ1) is 6.49. The molecule has 0 bridgehead atoms. The van der Waals surface area contributed by atoms with E-state index in [9.17, 15) is 4.79 Å². The standard InChI is InChI=1S/C10H22N2OS.ClH/c1-7(2)8(3)12-10(13)9(11)5-6-14-4;/h7-9H,5-6,11H2,1-4H3,(H,12,13);1H/t8?,9-;/m0./s1. The summed E-state index contributed by atoms with van der Waals surface area (Å²) in [6, 6.07) is -0.161. The van der Waals surface area contributed by atoms with Crippen LogP contribution in [0.2, 0.25) is 0 Å². The number of carbonyl (C=O) groups is 1. The summed E-state index contributed by atoms with van der Waals surface area (Å²) in [6.07, 6.45) is 2.76. The van der Waals surface area contributed by atoms with E-state index in [2.05, 4.69) is 19.2 Å². The van der Waals surface area contributed by atoms with Crippen LogP contribution in [0.1, 0.15) is 27.2 Å². The van der Waals surface area contributed by atoms with Gasteiger partial charge >= 0.3 is 0 Å². The zero-order chi connectivity index (χ0) is 11.1. The lowest BCUT2D eigenvalue weighted by Gasteiger charge is -2.20. The minimum Gasteiger partial charge on any atom is -0.352 e. The van der Waals surface area contributed by atoms with Crippen molar-refractivity contribution in [2.24, 2.45) is 11.7 Å². The first-order valence-electron chi connectivity index (χ1n) is 5.04. The smallest absolute Gasteiger partial charge is 0.237 e. The minimum absolute atomic E-state index is 0. The Hall–Kier alpha value is 0.0700. The Morgan fingerprint density at radius 3 is 2.33 bits per heavy atom. The van der Waals surface area contributed by atoms with E-state index < -0.39 is 0 Å². The van der Waals surface area contributed by atoms with Crippen LogP contribution < -0.4 is 11.1 Å². The Morgan fingerprint density at radius 2 is 1.93 bits per heavy atom. The molecule has 92 valence electrons. The fourth-order valence-electron chi connectivity index (χ4n) is 0.874. The lowest BCUT2D eigenvalue weighted by atomic mass is 10.1. The first-order valence-corrected chi connectivity index (χ1v) is 6.43. The second kappa shape index (κ2) is 9.31. The van der Waals surface area contributed by atoms with Gasteiger partial charge in [0.1, 0.15) is 0 Å².